The fourth-order valence-corrected chi connectivity index (χ4v) is 3.08. The first-order valence-electron chi connectivity index (χ1n) is 8.07. The van der Waals surface area contributed by atoms with Gasteiger partial charge in [-0.1, -0.05) is 12.1 Å². The van der Waals surface area contributed by atoms with E-state index >= 15 is 0 Å². The Morgan fingerprint density at radius 2 is 2.08 bits per heavy atom. The van der Waals surface area contributed by atoms with Crippen LogP contribution >= 0.6 is 0 Å². The van der Waals surface area contributed by atoms with Crippen LogP contribution in [0.3, 0.4) is 0 Å². The lowest BCUT2D eigenvalue weighted by atomic mass is 9.75. The van der Waals surface area contributed by atoms with Crippen LogP contribution in [0.15, 0.2) is 18.2 Å². The minimum absolute atomic E-state index is 0.0509. The van der Waals surface area contributed by atoms with E-state index in [4.69, 9.17) is 0 Å². The van der Waals surface area contributed by atoms with Gasteiger partial charge < -0.3 is 15.7 Å². The van der Waals surface area contributed by atoms with E-state index in [-0.39, 0.29) is 18.7 Å². The average Bonchev–Trinajstić information content (AvgIpc) is 2.51. The van der Waals surface area contributed by atoms with Crippen LogP contribution in [0.4, 0.5) is 14.5 Å². The summed E-state index contributed by atoms with van der Waals surface area (Å²) in [6, 6.07) is 4.57. The van der Waals surface area contributed by atoms with Crippen LogP contribution in [-0.2, 0) is 16.0 Å². The van der Waals surface area contributed by atoms with Crippen LogP contribution in [-0.4, -0.2) is 28.4 Å². The van der Waals surface area contributed by atoms with Gasteiger partial charge in [0.1, 0.15) is 5.60 Å². The summed E-state index contributed by atoms with van der Waals surface area (Å²) in [4.78, 5) is 23.3. The second-order valence-corrected chi connectivity index (χ2v) is 6.62. The van der Waals surface area contributed by atoms with Gasteiger partial charge in [0, 0.05) is 12.1 Å². The van der Waals surface area contributed by atoms with Crippen molar-refractivity contribution in [1.82, 2.24) is 5.32 Å². The smallest absolute Gasteiger partial charge is 0.352 e. The van der Waals surface area contributed by atoms with Gasteiger partial charge in [0.15, 0.2) is 0 Å². The summed E-state index contributed by atoms with van der Waals surface area (Å²) in [6.07, 6.45) is 1.31. The van der Waals surface area contributed by atoms with Crippen molar-refractivity contribution in [3.05, 3.63) is 29.3 Å². The van der Waals surface area contributed by atoms with Crippen molar-refractivity contribution in [3.8, 4) is 0 Å². The number of aliphatic hydroxyl groups is 1. The van der Waals surface area contributed by atoms with Gasteiger partial charge >= 0.3 is 5.92 Å². The minimum Gasteiger partial charge on any atom is -0.383 e. The normalized spacial score (nSPS) is 20.4. The highest BCUT2D eigenvalue weighted by molar-refractivity contribution is 5.94. The van der Waals surface area contributed by atoms with Gasteiger partial charge in [-0.05, 0) is 49.8 Å². The van der Waals surface area contributed by atoms with Crippen LogP contribution in [0.5, 0.6) is 0 Å². The maximum atomic E-state index is 14.1. The van der Waals surface area contributed by atoms with Crippen LogP contribution in [0.2, 0.25) is 0 Å². The lowest BCUT2D eigenvalue weighted by molar-refractivity contribution is -0.216. The van der Waals surface area contributed by atoms with Crippen molar-refractivity contribution >= 4 is 17.5 Å². The summed E-state index contributed by atoms with van der Waals surface area (Å²) in [5.41, 5.74) is 0.0755. The summed E-state index contributed by atoms with van der Waals surface area (Å²) < 4.78 is 28.3. The molecule has 1 atom stereocenters. The zero-order chi connectivity index (χ0) is 17.5. The predicted octanol–water partition coefficient (Wildman–Crippen LogP) is 2.30. The van der Waals surface area contributed by atoms with Gasteiger partial charge in [0.2, 0.25) is 5.91 Å². The second kappa shape index (κ2) is 5.81. The van der Waals surface area contributed by atoms with E-state index in [9.17, 15) is 23.5 Å². The number of nitrogens with one attached hydrogen (secondary N) is 2. The van der Waals surface area contributed by atoms with Gasteiger partial charge in [-0.3, -0.25) is 9.59 Å². The number of fused-ring (bicyclic) bond motifs is 1. The molecule has 1 aliphatic heterocycles. The molecule has 0 saturated heterocycles. The van der Waals surface area contributed by atoms with E-state index in [0.29, 0.717) is 30.5 Å². The van der Waals surface area contributed by atoms with Crippen molar-refractivity contribution in [3.63, 3.8) is 0 Å². The number of rotatable bonds is 4. The third-order valence-corrected chi connectivity index (χ3v) is 4.92. The fraction of sp³-hybridized carbons (Fsp3) is 0.529. The first-order chi connectivity index (χ1) is 11.2. The summed E-state index contributed by atoms with van der Waals surface area (Å²) in [5.74, 6) is -5.31. The SMILES string of the molecule is C[C@@H](NC(=O)C(F)(F)C1(O)CCC1)c1ccc2c(c1)CCC(=O)N2. The maximum absolute atomic E-state index is 14.1. The Balaban J connectivity index is 1.72. The van der Waals surface area contributed by atoms with E-state index in [1.807, 2.05) is 0 Å². The quantitative estimate of drug-likeness (QED) is 0.788. The van der Waals surface area contributed by atoms with Crippen LogP contribution < -0.4 is 10.6 Å². The van der Waals surface area contributed by atoms with Gasteiger partial charge in [0.05, 0.1) is 6.04 Å². The molecule has 1 fully saturated rings. The maximum Gasteiger partial charge on any atom is 0.352 e. The van der Waals surface area contributed by atoms with Crippen molar-refractivity contribution in [2.75, 3.05) is 5.32 Å². The highest BCUT2D eigenvalue weighted by atomic mass is 19.3. The molecule has 5 nitrogen and oxygen atoms in total. The highest BCUT2D eigenvalue weighted by Crippen LogP contribution is 2.44. The molecule has 0 unspecified atom stereocenters. The predicted molar refractivity (Wildman–Crippen MR) is 83.7 cm³/mol. The molecule has 7 heteroatoms. The Morgan fingerprint density at radius 3 is 2.71 bits per heavy atom. The molecule has 2 amide bonds. The number of anilines is 1. The molecule has 1 aromatic carbocycles. The number of halogens is 2. The molecule has 2 aliphatic rings. The van der Waals surface area contributed by atoms with E-state index in [2.05, 4.69) is 10.6 Å². The zero-order valence-electron chi connectivity index (χ0n) is 13.4. The Kier molecular flexibility index (Phi) is 4.07. The van der Waals surface area contributed by atoms with E-state index in [1.165, 1.54) is 0 Å². The highest BCUT2D eigenvalue weighted by Gasteiger charge is 2.61. The number of carbonyl (C=O) groups is 2. The van der Waals surface area contributed by atoms with E-state index in [0.717, 1.165) is 5.56 Å². The number of hydrogen-bond acceptors (Lipinski definition) is 3. The Morgan fingerprint density at radius 1 is 1.38 bits per heavy atom. The molecule has 24 heavy (non-hydrogen) atoms. The number of aryl methyl sites for hydroxylation is 1. The van der Waals surface area contributed by atoms with Crippen LogP contribution in [0, 0.1) is 0 Å². The van der Waals surface area contributed by atoms with Crippen molar-refractivity contribution < 1.29 is 23.5 Å². The Labute approximate surface area is 138 Å². The number of hydrogen-bond donors (Lipinski definition) is 3. The lowest BCUT2D eigenvalue weighted by Crippen LogP contribution is -2.60. The molecule has 0 bridgehead atoms. The number of alkyl halides is 2. The summed E-state index contributed by atoms with van der Waals surface area (Å²) >= 11 is 0. The van der Waals surface area contributed by atoms with E-state index < -0.39 is 23.5 Å². The van der Waals surface area contributed by atoms with Gasteiger partial charge in [-0.25, -0.2) is 0 Å². The largest absolute Gasteiger partial charge is 0.383 e. The number of amides is 2. The molecule has 1 aromatic rings. The molecule has 1 aliphatic carbocycles. The number of benzene rings is 1. The fourth-order valence-electron chi connectivity index (χ4n) is 3.08. The molecule has 3 N–H and O–H groups in total. The van der Waals surface area contributed by atoms with Crippen molar-refractivity contribution in [2.24, 2.45) is 0 Å². The third-order valence-electron chi connectivity index (χ3n) is 4.92. The number of carbonyl (C=O) groups excluding carboxylic acids is 2. The Hall–Kier alpha value is -2.02. The van der Waals surface area contributed by atoms with Gasteiger partial charge in [-0.15, -0.1) is 0 Å². The molecular weight excluding hydrogens is 318 g/mol. The second-order valence-electron chi connectivity index (χ2n) is 6.62. The van der Waals surface area contributed by atoms with Gasteiger partial charge in [-0.2, -0.15) is 8.78 Å². The molecule has 0 aromatic heterocycles. The summed E-state index contributed by atoms with van der Waals surface area (Å²) in [7, 11) is 0. The van der Waals surface area contributed by atoms with Crippen LogP contribution in [0.25, 0.3) is 0 Å². The third kappa shape index (κ3) is 2.77. The van der Waals surface area contributed by atoms with Crippen molar-refractivity contribution in [1.29, 1.82) is 0 Å². The standard InChI is InChI=1S/C17H20F2N2O3/c1-10(20-15(23)17(18,19)16(24)7-2-8-16)11-3-5-13-12(9-11)4-6-14(22)21-13/h3,5,9-10,24H,2,4,6-8H2,1H3,(H,20,23)(H,21,22)/t10-/m1/s1. The zero-order valence-corrected chi connectivity index (χ0v) is 13.4. The first-order valence-corrected chi connectivity index (χ1v) is 8.07. The molecule has 0 spiro atoms. The van der Waals surface area contributed by atoms with Crippen LogP contribution in [0.1, 0.15) is 49.8 Å². The van der Waals surface area contributed by atoms with Gasteiger partial charge in [0.25, 0.3) is 5.91 Å². The molecular formula is C17H20F2N2O3. The molecule has 130 valence electrons. The topological polar surface area (TPSA) is 78.4 Å². The first kappa shape index (κ1) is 16.8. The summed E-state index contributed by atoms with van der Waals surface area (Å²) in [6.45, 7) is 1.61. The van der Waals surface area contributed by atoms with Crippen molar-refractivity contribution in [2.45, 2.75) is 56.6 Å². The summed E-state index contributed by atoms with van der Waals surface area (Å²) in [5, 5.41) is 14.9. The monoisotopic (exact) mass is 338 g/mol. The molecule has 0 radical (unpaired) electrons. The van der Waals surface area contributed by atoms with E-state index in [1.54, 1.807) is 25.1 Å². The minimum atomic E-state index is -3.80. The molecule has 1 heterocycles. The molecule has 1 saturated carbocycles. The lowest BCUT2D eigenvalue weighted by Gasteiger charge is -2.41. The Bertz CT molecular complexity index is 686. The average molecular weight is 338 g/mol. The molecule has 3 rings (SSSR count).